The first-order chi connectivity index (χ1) is 14.0. The van der Waals surface area contributed by atoms with Gasteiger partial charge in [0.25, 0.3) is 5.91 Å². The summed E-state index contributed by atoms with van der Waals surface area (Å²) in [5, 5.41) is 10.5. The Hall–Kier alpha value is -2.47. The summed E-state index contributed by atoms with van der Waals surface area (Å²) in [5.74, 6) is -0.395. The lowest BCUT2D eigenvalue weighted by Gasteiger charge is -2.37. The number of hydrogen-bond donors (Lipinski definition) is 1. The molecule has 154 valence electrons. The third-order valence-corrected chi connectivity index (χ3v) is 6.06. The molecule has 4 rings (SSSR count). The second-order valence-corrected chi connectivity index (χ2v) is 8.03. The highest BCUT2D eigenvalue weighted by molar-refractivity contribution is 6.33. The van der Waals surface area contributed by atoms with Gasteiger partial charge in [-0.25, -0.2) is 4.39 Å². The van der Waals surface area contributed by atoms with Crippen LogP contribution in [0.25, 0.3) is 0 Å². The predicted octanol–water partition coefficient (Wildman–Crippen LogP) is 4.14. The van der Waals surface area contributed by atoms with Gasteiger partial charge in [-0.3, -0.25) is 4.79 Å². The van der Waals surface area contributed by atoms with E-state index in [2.05, 4.69) is 15.9 Å². The SMILES string of the molecule is O=C(c1ccc(F)cc1Cl)N1CCN(c2cc(N3CCCCC3)ccc2O)CC1. The highest BCUT2D eigenvalue weighted by Crippen LogP contribution is 2.33. The minimum Gasteiger partial charge on any atom is -0.506 e. The summed E-state index contributed by atoms with van der Waals surface area (Å²) in [4.78, 5) is 18.9. The molecule has 0 atom stereocenters. The molecular formula is C22H25ClFN3O2. The molecule has 2 aromatic rings. The minimum absolute atomic E-state index is 0.129. The van der Waals surface area contributed by atoms with E-state index in [4.69, 9.17) is 11.6 Å². The molecule has 2 heterocycles. The number of halogens is 2. The molecule has 0 unspecified atom stereocenters. The Morgan fingerprint density at radius 2 is 1.62 bits per heavy atom. The van der Waals surface area contributed by atoms with Gasteiger partial charge in [0.2, 0.25) is 0 Å². The number of phenolic OH excluding ortho intramolecular Hbond substituents is 1. The van der Waals surface area contributed by atoms with Crippen LogP contribution in [0.2, 0.25) is 5.02 Å². The van der Waals surface area contributed by atoms with Crippen molar-refractivity contribution in [3.8, 4) is 5.75 Å². The van der Waals surface area contributed by atoms with E-state index in [0.717, 1.165) is 30.5 Å². The number of amides is 1. The van der Waals surface area contributed by atoms with Crippen molar-refractivity contribution in [1.29, 1.82) is 0 Å². The third-order valence-electron chi connectivity index (χ3n) is 5.75. The summed E-state index contributed by atoms with van der Waals surface area (Å²) in [6.45, 7) is 4.35. The third kappa shape index (κ3) is 4.27. The molecule has 0 aromatic heterocycles. The number of carbonyl (C=O) groups is 1. The van der Waals surface area contributed by atoms with Crippen LogP contribution in [0.3, 0.4) is 0 Å². The molecule has 1 amide bonds. The first kappa shape index (κ1) is 19.8. The molecular weight excluding hydrogens is 393 g/mol. The number of piperazine rings is 1. The molecule has 0 radical (unpaired) electrons. The summed E-state index contributed by atoms with van der Waals surface area (Å²) in [5.41, 5.74) is 2.26. The van der Waals surface area contributed by atoms with Crippen molar-refractivity contribution in [2.24, 2.45) is 0 Å². The van der Waals surface area contributed by atoms with Crippen LogP contribution >= 0.6 is 11.6 Å². The Kier molecular flexibility index (Phi) is 5.81. The van der Waals surface area contributed by atoms with Crippen molar-refractivity contribution in [2.45, 2.75) is 19.3 Å². The van der Waals surface area contributed by atoms with Crippen LogP contribution in [0.15, 0.2) is 36.4 Å². The summed E-state index contributed by atoms with van der Waals surface area (Å²) >= 11 is 6.04. The highest BCUT2D eigenvalue weighted by Gasteiger charge is 2.25. The fourth-order valence-corrected chi connectivity index (χ4v) is 4.35. The Morgan fingerprint density at radius 3 is 2.31 bits per heavy atom. The van der Waals surface area contributed by atoms with Gasteiger partial charge in [-0.1, -0.05) is 11.6 Å². The van der Waals surface area contributed by atoms with Crippen molar-refractivity contribution in [2.75, 3.05) is 49.1 Å². The van der Waals surface area contributed by atoms with Crippen LogP contribution in [0.5, 0.6) is 5.75 Å². The molecule has 2 aliphatic heterocycles. The number of aromatic hydroxyl groups is 1. The lowest BCUT2D eigenvalue weighted by molar-refractivity contribution is 0.0747. The minimum atomic E-state index is -0.458. The molecule has 5 nitrogen and oxygen atoms in total. The smallest absolute Gasteiger partial charge is 0.255 e. The second kappa shape index (κ2) is 8.49. The van der Waals surface area contributed by atoms with E-state index in [-0.39, 0.29) is 16.7 Å². The standard InChI is InChI=1S/C22H25ClFN3O2/c23-19-14-16(24)4-6-18(19)22(29)27-12-10-26(11-13-27)20-15-17(5-7-21(20)28)25-8-2-1-3-9-25/h4-7,14-15,28H,1-3,8-13H2. The molecule has 2 aliphatic rings. The Labute approximate surface area is 175 Å². The van der Waals surface area contributed by atoms with Crippen LogP contribution in [0.4, 0.5) is 15.8 Å². The lowest BCUT2D eigenvalue weighted by atomic mass is 10.1. The largest absolute Gasteiger partial charge is 0.506 e. The molecule has 0 aliphatic carbocycles. The number of hydrogen-bond acceptors (Lipinski definition) is 4. The Balaban J connectivity index is 1.44. The molecule has 7 heteroatoms. The van der Waals surface area contributed by atoms with Gasteiger partial charge in [-0.05, 0) is 55.7 Å². The summed E-state index contributed by atoms with van der Waals surface area (Å²) in [7, 11) is 0. The van der Waals surface area contributed by atoms with Gasteiger partial charge in [0, 0.05) is 45.0 Å². The number of piperidine rings is 1. The fraction of sp³-hybridized carbons (Fsp3) is 0.409. The number of carbonyl (C=O) groups excluding carboxylic acids is 1. The van der Waals surface area contributed by atoms with E-state index in [9.17, 15) is 14.3 Å². The maximum atomic E-state index is 13.3. The van der Waals surface area contributed by atoms with Crippen LogP contribution in [-0.4, -0.2) is 55.2 Å². The van der Waals surface area contributed by atoms with Crippen molar-refractivity contribution < 1.29 is 14.3 Å². The van der Waals surface area contributed by atoms with Crippen molar-refractivity contribution in [3.05, 3.63) is 52.8 Å². The summed E-state index contributed by atoms with van der Waals surface area (Å²) in [6, 6.07) is 9.62. The van der Waals surface area contributed by atoms with Gasteiger partial charge in [0.05, 0.1) is 16.3 Å². The molecule has 0 saturated carbocycles. The van der Waals surface area contributed by atoms with E-state index in [0.29, 0.717) is 31.7 Å². The monoisotopic (exact) mass is 417 g/mol. The Bertz CT molecular complexity index is 894. The zero-order valence-corrected chi connectivity index (χ0v) is 17.0. The summed E-state index contributed by atoms with van der Waals surface area (Å²) in [6.07, 6.45) is 3.67. The van der Waals surface area contributed by atoms with Crippen LogP contribution in [0, 0.1) is 5.82 Å². The Morgan fingerprint density at radius 1 is 0.897 bits per heavy atom. The zero-order valence-electron chi connectivity index (χ0n) is 16.3. The first-order valence-electron chi connectivity index (χ1n) is 10.1. The molecule has 29 heavy (non-hydrogen) atoms. The van der Waals surface area contributed by atoms with Crippen LogP contribution in [-0.2, 0) is 0 Å². The van der Waals surface area contributed by atoms with Gasteiger partial charge in [0.1, 0.15) is 11.6 Å². The van der Waals surface area contributed by atoms with Crippen LogP contribution in [0.1, 0.15) is 29.6 Å². The number of anilines is 2. The van der Waals surface area contributed by atoms with Crippen molar-refractivity contribution >= 4 is 28.9 Å². The molecule has 2 fully saturated rings. The first-order valence-corrected chi connectivity index (χ1v) is 10.5. The summed E-state index contributed by atoms with van der Waals surface area (Å²) < 4.78 is 13.3. The predicted molar refractivity (Wildman–Crippen MR) is 114 cm³/mol. The van der Waals surface area contributed by atoms with Gasteiger partial charge >= 0.3 is 0 Å². The van der Waals surface area contributed by atoms with Gasteiger partial charge in [0.15, 0.2) is 0 Å². The van der Waals surface area contributed by atoms with E-state index >= 15 is 0 Å². The van der Waals surface area contributed by atoms with E-state index in [1.165, 1.54) is 31.4 Å². The molecule has 2 saturated heterocycles. The second-order valence-electron chi connectivity index (χ2n) is 7.62. The average molecular weight is 418 g/mol. The molecule has 2 aromatic carbocycles. The van der Waals surface area contributed by atoms with Gasteiger partial charge < -0.3 is 19.8 Å². The number of benzene rings is 2. The number of phenols is 1. The van der Waals surface area contributed by atoms with Crippen molar-refractivity contribution in [3.63, 3.8) is 0 Å². The maximum absolute atomic E-state index is 13.3. The topological polar surface area (TPSA) is 47.0 Å². The quantitative estimate of drug-likeness (QED) is 0.815. The normalized spacial score (nSPS) is 17.5. The van der Waals surface area contributed by atoms with E-state index in [1.54, 1.807) is 11.0 Å². The van der Waals surface area contributed by atoms with E-state index in [1.807, 2.05) is 6.07 Å². The van der Waals surface area contributed by atoms with E-state index < -0.39 is 5.82 Å². The molecule has 0 spiro atoms. The maximum Gasteiger partial charge on any atom is 0.255 e. The highest BCUT2D eigenvalue weighted by atomic mass is 35.5. The van der Waals surface area contributed by atoms with Gasteiger partial charge in [-0.15, -0.1) is 0 Å². The molecule has 1 N–H and O–H groups in total. The molecule has 0 bridgehead atoms. The van der Waals surface area contributed by atoms with Crippen LogP contribution < -0.4 is 9.80 Å². The number of nitrogens with zero attached hydrogens (tertiary/aromatic N) is 3. The number of rotatable bonds is 3. The zero-order chi connectivity index (χ0) is 20.4. The van der Waals surface area contributed by atoms with Crippen molar-refractivity contribution in [1.82, 2.24) is 4.90 Å². The average Bonchev–Trinajstić information content (AvgIpc) is 2.74. The lowest BCUT2D eigenvalue weighted by Crippen LogP contribution is -2.49. The van der Waals surface area contributed by atoms with Gasteiger partial charge in [-0.2, -0.15) is 0 Å². The fourth-order valence-electron chi connectivity index (χ4n) is 4.10.